The predicted molar refractivity (Wildman–Crippen MR) is 128 cm³/mol. The van der Waals surface area contributed by atoms with Gasteiger partial charge in [-0.05, 0) is 29.2 Å². The molecule has 0 unspecified atom stereocenters. The number of nitrogens with zero attached hydrogens (tertiary/aromatic N) is 3. The molecule has 156 valence electrons. The van der Waals surface area contributed by atoms with E-state index in [1.54, 1.807) is 6.33 Å². The summed E-state index contributed by atoms with van der Waals surface area (Å²) in [7, 11) is 0. The number of hydrogen-bond acceptors (Lipinski definition) is 5. The third kappa shape index (κ3) is 5.01. The Hall–Kier alpha value is -3.86. The largest absolute Gasteiger partial charge is 0.393 e. The fourth-order valence-corrected chi connectivity index (χ4v) is 3.63. The van der Waals surface area contributed by atoms with Gasteiger partial charge in [0.05, 0.1) is 0 Å². The molecule has 0 aliphatic heterocycles. The van der Waals surface area contributed by atoms with Crippen LogP contribution in [0.15, 0.2) is 91.3 Å². The zero-order chi connectivity index (χ0) is 21.5. The number of benzene rings is 3. The molecule has 0 radical (unpaired) electrons. The van der Waals surface area contributed by atoms with E-state index in [0.717, 1.165) is 17.9 Å². The van der Waals surface area contributed by atoms with E-state index in [2.05, 4.69) is 57.4 Å². The summed E-state index contributed by atoms with van der Waals surface area (Å²) in [6.07, 6.45) is 2.50. The molecule has 0 saturated heterocycles. The molecule has 0 bridgehead atoms. The minimum Gasteiger partial charge on any atom is -0.393 e. The van der Waals surface area contributed by atoms with Crippen molar-refractivity contribution >= 4 is 23.0 Å². The number of para-hydroxylation sites is 1. The highest BCUT2D eigenvalue weighted by atomic mass is 15.2. The van der Waals surface area contributed by atoms with Crippen LogP contribution >= 0.6 is 0 Å². The Labute approximate surface area is 183 Å². The van der Waals surface area contributed by atoms with Crippen molar-refractivity contribution in [3.05, 3.63) is 108 Å². The maximum atomic E-state index is 6.60. The van der Waals surface area contributed by atoms with Crippen molar-refractivity contribution in [2.24, 2.45) is 0 Å². The SMILES string of the molecule is CCc1ccccc1Nc1ncnc(N(Cc2ccccc2)Cc2ccccc2)c1N. The first-order valence-corrected chi connectivity index (χ1v) is 10.5. The van der Waals surface area contributed by atoms with Gasteiger partial charge in [0.2, 0.25) is 0 Å². The van der Waals surface area contributed by atoms with E-state index in [-0.39, 0.29) is 0 Å². The molecular weight excluding hydrogens is 382 g/mol. The zero-order valence-corrected chi connectivity index (χ0v) is 17.7. The Morgan fingerprint density at radius 1 is 0.774 bits per heavy atom. The molecule has 0 aliphatic rings. The van der Waals surface area contributed by atoms with Crippen LogP contribution in [-0.4, -0.2) is 9.97 Å². The van der Waals surface area contributed by atoms with Crippen molar-refractivity contribution in [1.82, 2.24) is 9.97 Å². The Morgan fingerprint density at radius 2 is 1.35 bits per heavy atom. The number of rotatable bonds is 8. The molecule has 0 aliphatic carbocycles. The summed E-state index contributed by atoms with van der Waals surface area (Å²) in [5, 5.41) is 3.41. The first-order chi connectivity index (χ1) is 15.2. The van der Waals surface area contributed by atoms with Crippen LogP contribution in [0.4, 0.5) is 23.0 Å². The third-order valence-electron chi connectivity index (χ3n) is 5.25. The molecule has 4 rings (SSSR count). The molecule has 0 spiro atoms. The number of nitrogens with one attached hydrogen (secondary N) is 1. The fraction of sp³-hybridized carbons (Fsp3) is 0.154. The first-order valence-electron chi connectivity index (χ1n) is 10.5. The van der Waals surface area contributed by atoms with Gasteiger partial charge < -0.3 is 16.0 Å². The lowest BCUT2D eigenvalue weighted by Gasteiger charge is -2.26. The number of aromatic nitrogens is 2. The van der Waals surface area contributed by atoms with E-state index in [0.29, 0.717) is 24.6 Å². The van der Waals surface area contributed by atoms with E-state index < -0.39 is 0 Å². The second kappa shape index (κ2) is 9.76. The normalized spacial score (nSPS) is 10.6. The van der Waals surface area contributed by atoms with Crippen LogP contribution in [0.25, 0.3) is 0 Å². The van der Waals surface area contributed by atoms with E-state index >= 15 is 0 Å². The predicted octanol–water partition coefficient (Wildman–Crippen LogP) is 5.57. The number of aryl methyl sites for hydroxylation is 1. The highest BCUT2D eigenvalue weighted by molar-refractivity contribution is 5.79. The quantitative estimate of drug-likeness (QED) is 0.398. The van der Waals surface area contributed by atoms with Gasteiger partial charge in [-0.1, -0.05) is 85.8 Å². The lowest BCUT2D eigenvalue weighted by Crippen LogP contribution is -2.24. The molecular formula is C26H27N5. The van der Waals surface area contributed by atoms with Crippen LogP contribution < -0.4 is 16.0 Å². The van der Waals surface area contributed by atoms with Crippen LogP contribution in [0, 0.1) is 0 Å². The van der Waals surface area contributed by atoms with Crippen LogP contribution in [0.1, 0.15) is 23.6 Å². The topological polar surface area (TPSA) is 67.1 Å². The van der Waals surface area contributed by atoms with Crippen LogP contribution in [0.5, 0.6) is 0 Å². The Kier molecular flexibility index (Phi) is 6.43. The molecule has 4 aromatic rings. The third-order valence-corrected chi connectivity index (χ3v) is 5.25. The second-order valence-electron chi connectivity index (χ2n) is 7.42. The zero-order valence-electron chi connectivity index (χ0n) is 17.7. The molecule has 1 heterocycles. The van der Waals surface area contributed by atoms with Gasteiger partial charge in [0.15, 0.2) is 11.6 Å². The molecule has 0 fully saturated rings. The van der Waals surface area contributed by atoms with E-state index in [1.165, 1.54) is 16.7 Å². The van der Waals surface area contributed by atoms with Crippen LogP contribution in [0.3, 0.4) is 0 Å². The smallest absolute Gasteiger partial charge is 0.159 e. The summed E-state index contributed by atoms with van der Waals surface area (Å²) in [5.74, 6) is 1.34. The van der Waals surface area contributed by atoms with Gasteiger partial charge in [0.25, 0.3) is 0 Å². The Bertz CT molecular complexity index is 1070. The summed E-state index contributed by atoms with van der Waals surface area (Å²) in [6.45, 7) is 3.53. The van der Waals surface area contributed by atoms with E-state index in [9.17, 15) is 0 Å². The van der Waals surface area contributed by atoms with E-state index in [4.69, 9.17) is 5.73 Å². The number of nitrogen functional groups attached to an aromatic ring is 1. The maximum Gasteiger partial charge on any atom is 0.159 e. The standard InChI is InChI=1S/C26H27N5/c1-2-22-15-9-10-16-23(22)30-25-24(27)26(29-19-28-25)31(17-20-11-5-3-6-12-20)18-21-13-7-4-8-14-21/h3-16,19H,2,17-18,27H2,1H3,(H,28,29,30). The molecule has 3 N–H and O–H groups in total. The van der Waals surface area contributed by atoms with Crippen molar-refractivity contribution < 1.29 is 0 Å². The van der Waals surface area contributed by atoms with Gasteiger partial charge in [0.1, 0.15) is 12.0 Å². The maximum absolute atomic E-state index is 6.60. The molecule has 3 aromatic carbocycles. The summed E-state index contributed by atoms with van der Waals surface area (Å²) < 4.78 is 0. The van der Waals surface area contributed by atoms with Crippen LogP contribution in [-0.2, 0) is 19.5 Å². The van der Waals surface area contributed by atoms with Gasteiger partial charge in [-0.15, -0.1) is 0 Å². The molecule has 0 atom stereocenters. The summed E-state index contributed by atoms with van der Waals surface area (Å²) in [6, 6.07) is 28.9. The summed E-state index contributed by atoms with van der Waals surface area (Å²) >= 11 is 0. The van der Waals surface area contributed by atoms with Crippen molar-refractivity contribution in [2.45, 2.75) is 26.4 Å². The lowest BCUT2D eigenvalue weighted by molar-refractivity contribution is 0.782. The van der Waals surface area contributed by atoms with Crippen molar-refractivity contribution in [1.29, 1.82) is 0 Å². The van der Waals surface area contributed by atoms with Crippen molar-refractivity contribution in [2.75, 3.05) is 16.0 Å². The van der Waals surface area contributed by atoms with Gasteiger partial charge in [0, 0.05) is 18.8 Å². The Balaban J connectivity index is 1.68. The highest BCUT2D eigenvalue weighted by Crippen LogP contribution is 2.31. The first kappa shape index (κ1) is 20.4. The minimum absolute atomic E-state index is 0.542. The van der Waals surface area contributed by atoms with Crippen LogP contribution in [0.2, 0.25) is 0 Å². The Morgan fingerprint density at radius 3 is 1.97 bits per heavy atom. The lowest BCUT2D eigenvalue weighted by atomic mass is 10.1. The summed E-state index contributed by atoms with van der Waals surface area (Å²) in [5.41, 5.74) is 11.8. The molecule has 31 heavy (non-hydrogen) atoms. The molecule has 5 nitrogen and oxygen atoms in total. The van der Waals surface area contributed by atoms with Gasteiger partial charge in [-0.25, -0.2) is 9.97 Å². The van der Waals surface area contributed by atoms with Crippen molar-refractivity contribution in [3.8, 4) is 0 Å². The summed E-state index contributed by atoms with van der Waals surface area (Å²) in [4.78, 5) is 11.2. The fourth-order valence-electron chi connectivity index (χ4n) is 3.63. The van der Waals surface area contributed by atoms with E-state index in [1.807, 2.05) is 54.6 Å². The number of nitrogens with two attached hydrogens (primary N) is 1. The minimum atomic E-state index is 0.542. The van der Waals surface area contributed by atoms with Crippen molar-refractivity contribution in [3.63, 3.8) is 0 Å². The average molecular weight is 410 g/mol. The number of hydrogen-bond donors (Lipinski definition) is 2. The monoisotopic (exact) mass is 409 g/mol. The highest BCUT2D eigenvalue weighted by Gasteiger charge is 2.17. The molecule has 0 saturated carbocycles. The molecule has 1 aromatic heterocycles. The molecule has 5 heteroatoms. The second-order valence-corrected chi connectivity index (χ2v) is 7.42. The molecule has 0 amide bonds. The van der Waals surface area contributed by atoms with Gasteiger partial charge in [-0.3, -0.25) is 0 Å². The average Bonchev–Trinajstić information content (AvgIpc) is 2.82. The number of anilines is 4. The van der Waals surface area contributed by atoms with Gasteiger partial charge in [-0.2, -0.15) is 0 Å². The van der Waals surface area contributed by atoms with Gasteiger partial charge >= 0.3 is 0 Å².